The molecule has 2 amide bonds. The van der Waals surface area contributed by atoms with Crippen LogP contribution in [0.4, 0.5) is 0 Å². The molecule has 0 saturated carbocycles. The maximum absolute atomic E-state index is 12.5. The van der Waals surface area contributed by atoms with Crippen LogP contribution in [-0.4, -0.2) is 43.5 Å². The van der Waals surface area contributed by atoms with Crippen LogP contribution < -0.4 is 10.1 Å². The maximum Gasteiger partial charge on any atom is 0.253 e. The van der Waals surface area contributed by atoms with Gasteiger partial charge in [-0.1, -0.05) is 24.3 Å². The number of rotatable bonds is 6. The minimum atomic E-state index is -0.0782. The van der Waals surface area contributed by atoms with Gasteiger partial charge in [-0.05, 0) is 55.5 Å². The van der Waals surface area contributed by atoms with Crippen molar-refractivity contribution in [1.82, 2.24) is 10.2 Å². The molecule has 1 fully saturated rings. The molecule has 1 heterocycles. The minimum Gasteiger partial charge on any atom is -0.497 e. The fraction of sp³-hybridized carbons (Fsp3) is 0.364. The van der Waals surface area contributed by atoms with E-state index in [4.69, 9.17) is 4.74 Å². The zero-order valence-electron chi connectivity index (χ0n) is 15.7. The Balaban J connectivity index is 1.40. The van der Waals surface area contributed by atoms with Crippen molar-refractivity contribution in [2.24, 2.45) is 5.92 Å². The summed E-state index contributed by atoms with van der Waals surface area (Å²) in [5.74, 6) is 1.25. The second-order valence-corrected chi connectivity index (χ2v) is 6.88. The molecule has 0 bridgehead atoms. The van der Waals surface area contributed by atoms with Gasteiger partial charge >= 0.3 is 0 Å². The van der Waals surface area contributed by atoms with E-state index >= 15 is 0 Å². The Morgan fingerprint density at radius 1 is 1.04 bits per heavy atom. The molecule has 0 radical (unpaired) electrons. The van der Waals surface area contributed by atoms with Crippen molar-refractivity contribution in [3.05, 3.63) is 65.7 Å². The number of carbonyl (C=O) groups is 2. The number of nitrogens with one attached hydrogen (secondary N) is 1. The first-order chi connectivity index (χ1) is 13.2. The van der Waals surface area contributed by atoms with Crippen LogP contribution in [0.25, 0.3) is 0 Å². The van der Waals surface area contributed by atoms with E-state index in [-0.39, 0.29) is 11.8 Å². The number of benzene rings is 2. The quantitative estimate of drug-likeness (QED) is 0.853. The van der Waals surface area contributed by atoms with E-state index in [9.17, 15) is 9.59 Å². The van der Waals surface area contributed by atoms with Gasteiger partial charge in [-0.3, -0.25) is 9.59 Å². The van der Waals surface area contributed by atoms with Gasteiger partial charge in [-0.15, -0.1) is 0 Å². The van der Waals surface area contributed by atoms with Crippen LogP contribution in [0.15, 0.2) is 54.6 Å². The molecule has 0 atom stereocenters. The van der Waals surface area contributed by atoms with Crippen LogP contribution in [0.3, 0.4) is 0 Å². The number of nitrogens with zero attached hydrogens (tertiary/aromatic N) is 1. The highest BCUT2D eigenvalue weighted by molar-refractivity contribution is 5.94. The molecule has 5 nitrogen and oxygen atoms in total. The molecule has 0 aliphatic carbocycles. The zero-order chi connectivity index (χ0) is 19.1. The Morgan fingerprint density at radius 2 is 1.74 bits per heavy atom. The van der Waals surface area contributed by atoms with Crippen molar-refractivity contribution in [2.45, 2.75) is 19.3 Å². The predicted molar refractivity (Wildman–Crippen MR) is 105 cm³/mol. The average Bonchev–Trinajstić information content (AvgIpc) is 2.74. The Hall–Kier alpha value is -2.82. The summed E-state index contributed by atoms with van der Waals surface area (Å²) in [6.07, 6.45) is 2.89. The molecule has 142 valence electrons. The first kappa shape index (κ1) is 19.0. The molecular weight excluding hydrogens is 340 g/mol. The lowest BCUT2D eigenvalue weighted by Crippen LogP contribution is -2.39. The molecule has 0 spiro atoms. The fourth-order valence-corrected chi connectivity index (χ4v) is 3.44. The van der Waals surface area contributed by atoms with Crippen LogP contribution in [0.2, 0.25) is 0 Å². The SMILES string of the molecule is COc1cccc(C(=O)NCCC2CCN(C(=O)c3ccccc3)CC2)c1. The first-order valence-electron chi connectivity index (χ1n) is 9.44. The van der Waals surface area contributed by atoms with Gasteiger partial charge in [0.2, 0.25) is 0 Å². The molecule has 2 aromatic carbocycles. The summed E-state index contributed by atoms with van der Waals surface area (Å²) in [7, 11) is 1.59. The summed E-state index contributed by atoms with van der Waals surface area (Å²) >= 11 is 0. The molecule has 1 saturated heterocycles. The van der Waals surface area contributed by atoms with Gasteiger partial charge in [-0.25, -0.2) is 0 Å². The van der Waals surface area contributed by atoms with E-state index in [0.29, 0.717) is 23.8 Å². The lowest BCUT2D eigenvalue weighted by molar-refractivity contribution is 0.0687. The summed E-state index contributed by atoms with van der Waals surface area (Å²) in [5, 5.41) is 2.98. The van der Waals surface area contributed by atoms with Gasteiger partial charge in [0.15, 0.2) is 0 Å². The summed E-state index contributed by atoms with van der Waals surface area (Å²) in [4.78, 5) is 26.6. The number of likely N-dealkylation sites (tertiary alicyclic amines) is 1. The number of ether oxygens (including phenoxy) is 1. The zero-order valence-corrected chi connectivity index (χ0v) is 15.7. The van der Waals surface area contributed by atoms with Gasteiger partial charge in [0.05, 0.1) is 7.11 Å². The van der Waals surface area contributed by atoms with Gasteiger partial charge in [0.25, 0.3) is 11.8 Å². The Labute approximate surface area is 160 Å². The van der Waals surface area contributed by atoms with E-state index in [1.54, 1.807) is 19.2 Å². The lowest BCUT2D eigenvalue weighted by Gasteiger charge is -2.32. The number of amides is 2. The lowest BCUT2D eigenvalue weighted by atomic mass is 9.93. The molecule has 1 N–H and O–H groups in total. The van der Waals surface area contributed by atoms with Gasteiger partial charge in [0, 0.05) is 30.8 Å². The second kappa shape index (κ2) is 9.21. The van der Waals surface area contributed by atoms with Gasteiger partial charge in [0.1, 0.15) is 5.75 Å². The van der Waals surface area contributed by atoms with E-state index in [2.05, 4.69) is 5.32 Å². The number of carbonyl (C=O) groups excluding carboxylic acids is 2. The summed E-state index contributed by atoms with van der Waals surface area (Å²) in [6, 6.07) is 16.6. The van der Waals surface area contributed by atoms with Crippen molar-refractivity contribution in [1.29, 1.82) is 0 Å². The molecule has 27 heavy (non-hydrogen) atoms. The highest BCUT2D eigenvalue weighted by Crippen LogP contribution is 2.21. The minimum absolute atomic E-state index is 0.0782. The van der Waals surface area contributed by atoms with E-state index in [0.717, 1.165) is 37.9 Å². The normalized spacial score (nSPS) is 14.6. The van der Waals surface area contributed by atoms with Crippen molar-refractivity contribution >= 4 is 11.8 Å². The topological polar surface area (TPSA) is 58.6 Å². The van der Waals surface area contributed by atoms with Crippen molar-refractivity contribution in [3.63, 3.8) is 0 Å². The van der Waals surface area contributed by atoms with Crippen molar-refractivity contribution < 1.29 is 14.3 Å². The highest BCUT2D eigenvalue weighted by atomic mass is 16.5. The molecule has 1 aliphatic rings. The third-order valence-electron chi connectivity index (χ3n) is 5.09. The monoisotopic (exact) mass is 366 g/mol. The van der Waals surface area contributed by atoms with E-state index in [1.807, 2.05) is 47.4 Å². The second-order valence-electron chi connectivity index (χ2n) is 6.88. The molecule has 1 aliphatic heterocycles. The largest absolute Gasteiger partial charge is 0.497 e. The standard InChI is InChI=1S/C22H26N2O3/c1-27-20-9-5-8-19(16-20)21(25)23-13-10-17-11-14-24(15-12-17)22(26)18-6-3-2-4-7-18/h2-9,16-17H,10-15H2,1H3,(H,23,25). The van der Waals surface area contributed by atoms with E-state index in [1.165, 1.54) is 0 Å². The van der Waals surface area contributed by atoms with E-state index < -0.39 is 0 Å². The third kappa shape index (κ3) is 5.09. The highest BCUT2D eigenvalue weighted by Gasteiger charge is 2.23. The summed E-state index contributed by atoms with van der Waals surface area (Å²) in [5.41, 5.74) is 1.36. The fourth-order valence-electron chi connectivity index (χ4n) is 3.44. The molecule has 5 heteroatoms. The van der Waals surface area contributed by atoms with Crippen LogP contribution >= 0.6 is 0 Å². The van der Waals surface area contributed by atoms with Gasteiger partial charge in [-0.2, -0.15) is 0 Å². The molecular formula is C22H26N2O3. The third-order valence-corrected chi connectivity index (χ3v) is 5.09. The Kier molecular flexibility index (Phi) is 6.47. The first-order valence-corrected chi connectivity index (χ1v) is 9.44. The molecule has 0 unspecified atom stereocenters. The number of methoxy groups -OCH3 is 1. The van der Waals surface area contributed by atoms with Crippen LogP contribution in [0.5, 0.6) is 5.75 Å². The predicted octanol–water partition coefficient (Wildman–Crippen LogP) is 3.37. The molecule has 2 aromatic rings. The summed E-state index contributed by atoms with van der Waals surface area (Å²) < 4.78 is 5.15. The molecule has 3 rings (SSSR count). The van der Waals surface area contributed by atoms with Crippen molar-refractivity contribution in [2.75, 3.05) is 26.7 Å². The molecule has 0 aromatic heterocycles. The summed E-state index contributed by atoms with van der Waals surface area (Å²) in [6.45, 7) is 2.21. The number of piperidine rings is 1. The van der Waals surface area contributed by atoms with Gasteiger partial charge < -0.3 is 15.0 Å². The Bertz CT molecular complexity index is 768. The van der Waals surface area contributed by atoms with Crippen molar-refractivity contribution in [3.8, 4) is 5.75 Å². The smallest absolute Gasteiger partial charge is 0.253 e. The average molecular weight is 366 g/mol. The number of hydrogen-bond acceptors (Lipinski definition) is 3. The Morgan fingerprint density at radius 3 is 2.44 bits per heavy atom. The van der Waals surface area contributed by atoms with Crippen LogP contribution in [-0.2, 0) is 0 Å². The van der Waals surface area contributed by atoms with Crippen LogP contribution in [0.1, 0.15) is 40.0 Å². The number of hydrogen-bond donors (Lipinski definition) is 1. The maximum atomic E-state index is 12.5. The van der Waals surface area contributed by atoms with Crippen LogP contribution in [0, 0.1) is 5.92 Å².